The summed E-state index contributed by atoms with van der Waals surface area (Å²) in [5.74, 6) is -2.52. The van der Waals surface area contributed by atoms with Crippen molar-refractivity contribution in [2.75, 3.05) is 0 Å². The second-order valence-electron chi connectivity index (χ2n) is 3.75. The van der Waals surface area contributed by atoms with Crippen molar-refractivity contribution in [2.24, 2.45) is 5.92 Å². The Morgan fingerprint density at radius 1 is 1.56 bits per heavy atom. The smallest absolute Gasteiger partial charge is 0.449 e. The first-order valence-corrected chi connectivity index (χ1v) is 4.74. The highest BCUT2D eigenvalue weighted by molar-refractivity contribution is 5.70. The standard InChI is InChI=1S/C9H9F3N2O2/c10-9(11,12)8-13-4-6-3-5(7(15)16)1-2-14(6)8/h4-5H,1-3H2,(H,15,16). The van der Waals surface area contributed by atoms with Crippen LogP contribution in [-0.4, -0.2) is 20.6 Å². The molecule has 1 aliphatic heterocycles. The molecule has 88 valence electrons. The van der Waals surface area contributed by atoms with E-state index in [2.05, 4.69) is 4.98 Å². The molecule has 0 aromatic carbocycles. The van der Waals surface area contributed by atoms with Crippen molar-refractivity contribution in [1.82, 2.24) is 9.55 Å². The van der Waals surface area contributed by atoms with Crippen LogP contribution in [0.15, 0.2) is 6.20 Å². The number of rotatable bonds is 1. The van der Waals surface area contributed by atoms with Gasteiger partial charge in [0.15, 0.2) is 0 Å². The van der Waals surface area contributed by atoms with Gasteiger partial charge >= 0.3 is 12.1 Å². The molecule has 7 heteroatoms. The summed E-state index contributed by atoms with van der Waals surface area (Å²) >= 11 is 0. The minimum atomic E-state index is -4.48. The second-order valence-corrected chi connectivity index (χ2v) is 3.75. The molecule has 1 aliphatic rings. The minimum Gasteiger partial charge on any atom is -0.481 e. The lowest BCUT2D eigenvalue weighted by molar-refractivity contribution is -0.148. The highest BCUT2D eigenvalue weighted by atomic mass is 19.4. The summed E-state index contributed by atoms with van der Waals surface area (Å²) in [6.45, 7) is 0.0567. The Hall–Kier alpha value is -1.53. The number of alkyl halides is 3. The highest BCUT2D eigenvalue weighted by Gasteiger charge is 2.39. The molecule has 1 aromatic rings. The van der Waals surface area contributed by atoms with E-state index in [9.17, 15) is 18.0 Å². The maximum absolute atomic E-state index is 12.5. The van der Waals surface area contributed by atoms with Crippen LogP contribution in [0.4, 0.5) is 13.2 Å². The lowest BCUT2D eigenvalue weighted by atomic mass is 9.96. The molecule has 0 radical (unpaired) electrons. The second kappa shape index (κ2) is 3.50. The Balaban J connectivity index is 2.31. The lowest BCUT2D eigenvalue weighted by Crippen LogP contribution is -2.27. The zero-order valence-electron chi connectivity index (χ0n) is 8.16. The fraction of sp³-hybridized carbons (Fsp3) is 0.556. The monoisotopic (exact) mass is 234 g/mol. The number of fused-ring (bicyclic) bond motifs is 1. The van der Waals surface area contributed by atoms with Gasteiger partial charge in [-0.1, -0.05) is 0 Å². The first-order chi connectivity index (χ1) is 7.39. The van der Waals surface area contributed by atoms with Gasteiger partial charge in [-0.3, -0.25) is 4.79 Å². The van der Waals surface area contributed by atoms with Gasteiger partial charge in [0.2, 0.25) is 5.82 Å². The van der Waals surface area contributed by atoms with Crippen molar-refractivity contribution in [1.29, 1.82) is 0 Å². The molecule has 0 saturated heterocycles. The molecule has 0 fully saturated rings. The summed E-state index contributed by atoms with van der Waals surface area (Å²) in [4.78, 5) is 14.0. The van der Waals surface area contributed by atoms with Crippen LogP contribution >= 0.6 is 0 Å². The first-order valence-electron chi connectivity index (χ1n) is 4.74. The molecular formula is C9H9F3N2O2. The largest absolute Gasteiger partial charge is 0.481 e. The number of hydrogen-bond acceptors (Lipinski definition) is 2. The molecule has 0 aliphatic carbocycles. The zero-order chi connectivity index (χ0) is 11.9. The van der Waals surface area contributed by atoms with E-state index in [0.29, 0.717) is 5.69 Å². The van der Waals surface area contributed by atoms with E-state index in [4.69, 9.17) is 5.11 Å². The molecule has 2 heterocycles. The van der Waals surface area contributed by atoms with Gasteiger partial charge in [-0.25, -0.2) is 4.98 Å². The van der Waals surface area contributed by atoms with Crippen LogP contribution in [0.3, 0.4) is 0 Å². The highest BCUT2D eigenvalue weighted by Crippen LogP contribution is 2.32. The number of aromatic nitrogens is 2. The summed E-state index contributed by atoms with van der Waals surface area (Å²) in [6.07, 6.45) is -3.05. The maximum atomic E-state index is 12.5. The van der Waals surface area contributed by atoms with Gasteiger partial charge in [0.1, 0.15) is 0 Å². The number of nitrogens with zero attached hydrogens (tertiary/aromatic N) is 2. The molecule has 0 amide bonds. The van der Waals surface area contributed by atoms with Gasteiger partial charge in [-0.05, 0) is 6.42 Å². The van der Waals surface area contributed by atoms with Gasteiger partial charge in [0.25, 0.3) is 0 Å². The molecule has 1 atom stereocenters. The summed E-state index contributed by atoms with van der Waals surface area (Å²) in [5, 5.41) is 8.78. The first kappa shape index (κ1) is 11.0. The van der Waals surface area contributed by atoms with E-state index in [1.54, 1.807) is 0 Å². The zero-order valence-corrected chi connectivity index (χ0v) is 8.16. The Kier molecular flexibility index (Phi) is 2.40. The average Bonchev–Trinajstić information content (AvgIpc) is 2.58. The van der Waals surface area contributed by atoms with Crippen molar-refractivity contribution in [2.45, 2.75) is 25.6 Å². The quantitative estimate of drug-likeness (QED) is 0.802. The van der Waals surface area contributed by atoms with E-state index >= 15 is 0 Å². The van der Waals surface area contributed by atoms with Crippen LogP contribution < -0.4 is 0 Å². The molecular weight excluding hydrogens is 225 g/mol. The molecule has 0 saturated carbocycles. The molecule has 16 heavy (non-hydrogen) atoms. The van der Waals surface area contributed by atoms with E-state index in [0.717, 1.165) is 10.8 Å². The van der Waals surface area contributed by atoms with Crippen LogP contribution in [0, 0.1) is 5.92 Å². The molecule has 2 rings (SSSR count). The Labute approximate surface area is 88.7 Å². The van der Waals surface area contributed by atoms with E-state index in [1.165, 1.54) is 0 Å². The van der Waals surface area contributed by atoms with E-state index in [-0.39, 0.29) is 19.4 Å². The normalized spacial score (nSPS) is 20.6. The van der Waals surface area contributed by atoms with Crippen LogP contribution in [-0.2, 0) is 23.9 Å². The van der Waals surface area contributed by atoms with Crippen LogP contribution in [0.25, 0.3) is 0 Å². The van der Waals surface area contributed by atoms with Gasteiger partial charge in [-0.2, -0.15) is 13.2 Å². The van der Waals surface area contributed by atoms with Gasteiger partial charge in [0, 0.05) is 24.9 Å². The fourth-order valence-corrected chi connectivity index (χ4v) is 1.90. The number of imidazole rings is 1. The topological polar surface area (TPSA) is 55.1 Å². The molecule has 1 aromatic heterocycles. The Morgan fingerprint density at radius 2 is 2.25 bits per heavy atom. The van der Waals surface area contributed by atoms with Crippen molar-refractivity contribution >= 4 is 5.97 Å². The molecule has 4 nitrogen and oxygen atoms in total. The van der Waals surface area contributed by atoms with Crippen molar-refractivity contribution < 1.29 is 23.1 Å². The number of carboxylic acids is 1. The predicted molar refractivity (Wildman–Crippen MR) is 46.7 cm³/mol. The van der Waals surface area contributed by atoms with Gasteiger partial charge in [-0.15, -0.1) is 0 Å². The molecule has 1 N–H and O–H groups in total. The molecule has 0 spiro atoms. The molecule has 0 bridgehead atoms. The van der Waals surface area contributed by atoms with E-state index < -0.39 is 23.9 Å². The minimum absolute atomic E-state index is 0.0567. The summed E-state index contributed by atoms with van der Waals surface area (Å²) in [5.41, 5.74) is 0.339. The van der Waals surface area contributed by atoms with Crippen LogP contribution in [0.5, 0.6) is 0 Å². The third-order valence-electron chi connectivity index (χ3n) is 2.70. The SMILES string of the molecule is O=C(O)C1CCn2c(cnc2C(F)(F)F)C1. The summed E-state index contributed by atoms with van der Waals surface area (Å²) < 4.78 is 38.5. The average molecular weight is 234 g/mol. The number of carboxylic acid groups (broad SMARTS) is 1. The third-order valence-corrected chi connectivity index (χ3v) is 2.70. The number of aliphatic carboxylic acids is 1. The van der Waals surface area contributed by atoms with Crippen LogP contribution in [0.2, 0.25) is 0 Å². The Bertz CT molecular complexity index is 425. The summed E-state index contributed by atoms with van der Waals surface area (Å²) in [7, 11) is 0. The molecule has 1 unspecified atom stereocenters. The fourth-order valence-electron chi connectivity index (χ4n) is 1.90. The maximum Gasteiger partial charge on any atom is 0.449 e. The van der Waals surface area contributed by atoms with Crippen molar-refractivity contribution in [3.8, 4) is 0 Å². The van der Waals surface area contributed by atoms with E-state index in [1.807, 2.05) is 0 Å². The predicted octanol–water partition coefficient (Wildman–Crippen LogP) is 1.55. The number of carbonyl (C=O) groups is 1. The lowest BCUT2D eigenvalue weighted by Gasteiger charge is -2.22. The number of halogens is 3. The van der Waals surface area contributed by atoms with Crippen molar-refractivity contribution in [3.63, 3.8) is 0 Å². The van der Waals surface area contributed by atoms with Gasteiger partial charge in [0.05, 0.1) is 5.92 Å². The third kappa shape index (κ3) is 1.77. The van der Waals surface area contributed by atoms with Crippen molar-refractivity contribution in [3.05, 3.63) is 17.7 Å². The Morgan fingerprint density at radius 3 is 2.81 bits per heavy atom. The summed E-state index contributed by atoms with van der Waals surface area (Å²) in [6, 6.07) is 0. The number of hydrogen-bond donors (Lipinski definition) is 1. The van der Waals surface area contributed by atoms with Crippen LogP contribution in [0.1, 0.15) is 17.9 Å². The van der Waals surface area contributed by atoms with Gasteiger partial charge < -0.3 is 9.67 Å².